The molecule has 5 heavy (non-hydrogen) atoms. The Labute approximate surface area is 45.6 Å². The molecule has 0 unspecified atom stereocenters. The number of carbonyl (C=O) groups excluding carboxylic acids is 1. The summed E-state index contributed by atoms with van der Waals surface area (Å²) in [4.78, 5) is 9.75. The van der Waals surface area contributed by atoms with E-state index in [-0.39, 0.29) is 3.54 Å². The average molecular weight is 170 g/mol. The predicted octanol–water partition coefficient (Wildman–Crippen LogP) is -0.133. The maximum atomic E-state index is 9.75. The summed E-state index contributed by atoms with van der Waals surface area (Å²) in [5, 5.41) is 0. The molecule has 0 aliphatic rings. The van der Waals surface area contributed by atoms with E-state index in [1.165, 1.54) is 6.08 Å². The van der Waals surface area contributed by atoms with E-state index in [1.54, 1.807) is 0 Å². The van der Waals surface area contributed by atoms with Gasteiger partial charge in [0.2, 0.25) is 0 Å². The molecule has 0 heterocycles. The molecule has 0 spiro atoms. The van der Waals surface area contributed by atoms with Crippen molar-refractivity contribution in [2.24, 2.45) is 0 Å². The molecule has 0 rings (SSSR count). The number of allylic oxidation sites excluding steroid dienone is 1. The summed E-state index contributed by atoms with van der Waals surface area (Å²) in [6.45, 7) is 3.24. The summed E-state index contributed by atoms with van der Waals surface area (Å²) in [6.07, 6.45) is 1.34. The van der Waals surface area contributed by atoms with Crippen molar-refractivity contribution in [1.82, 2.24) is 0 Å². The summed E-state index contributed by atoms with van der Waals surface area (Å²) in [5.74, 6) is 0. The summed E-state index contributed by atoms with van der Waals surface area (Å²) in [6, 6.07) is 0. The van der Waals surface area contributed by atoms with Gasteiger partial charge in [0, 0.05) is 0 Å². The molecule has 0 saturated carbocycles. The van der Waals surface area contributed by atoms with Crippen LogP contribution >= 0.6 is 0 Å². The SMILES string of the molecule is C=C[C](=O)[In]. The Bertz CT molecular complexity index is 57.9. The predicted molar refractivity (Wildman–Crippen MR) is 21.0 cm³/mol. The molecule has 0 amide bonds. The fourth-order valence-electron chi connectivity index (χ4n) is 0. The molecule has 0 aromatic carbocycles. The van der Waals surface area contributed by atoms with E-state index in [0.717, 1.165) is 0 Å². The summed E-state index contributed by atoms with van der Waals surface area (Å²) in [5.41, 5.74) is 0. The zero-order valence-electron chi connectivity index (χ0n) is 2.77. The summed E-state index contributed by atoms with van der Waals surface area (Å²) < 4.78 is 0.149. The van der Waals surface area contributed by atoms with Crippen molar-refractivity contribution in [3.8, 4) is 0 Å². The molecule has 2 radical (unpaired) electrons. The van der Waals surface area contributed by atoms with Gasteiger partial charge in [-0.3, -0.25) is 0 Å². The summed E-state index contributed by atoms with van der Waals surface area (Å²) >= 11 is 0.667. The van der Waals surface area contributed by atoms with Crippen molar-refractivity contribution in [2.45, 2.75) is 0 Å². The van der Waals surface area contributed by atoms with E-state index in [2.05, 4.69) is 6.58 Å². The number of rotatable bonds is 1. The number of hydrogen-bond acceptors (Lipinski definition) is 1. The standard InChI is InChI=1S/C3H3O.In/c1-2-3-4;/h2H,1H2;. The molecular formula is C3H3InO. The van der Waals surface area contributed by atoms with Crippen molar-refractivity contribution in [2.75, 3.05) is 0 Å². The van der Waals surface area contributed by atoms with Crippen LogP contribution in [0.1, 0.15) is 0 Å². The molecule has 0 aromatic heterocycles. The fraction of sp³-hybridized carbons (Fsp3) is 0. The van der Waals surface area contributed by atoms with Crippen molar-refractivity contribution < 1.29 is 4.79 Å². The van der Waals surface area contributed by atoms with Gasteiger partial charge in [0.25, 0.3) is 0 Å². The first-order chi connectivity index (χ1) is 2.27. The Kier molecular flexibility index (Phi) is 2.65. The minimum absolute atomic E-state index is 0.149. The molecule has 0 atom stereocenters. The van der Waals surface area contributed by atoms with Crippen LogP contribution in [0.15, 0.2) is 12.7 Å². The number of carbonyl (C=O) groups is 1. The normalized spacial score (nSPS) is 6.40. The quantitative estimate of drug-likeness (QED) is 0.500. The maximum absolute atomic E-state index is 9.75. The van der Waals surface area contributed by atoms with Gasteiger partial charge < -0.3 is 0 Å². The second-order valence-corrected chi connectivity index (χ2v) is 2.23. The fourth-order valence-corrected chi connectivity index (χ4v) is 0. The van der Waals surface area contributed by atoms with Crippen molar-refractivity contribution in [3.05, 3.63) is 12.7 Å². The average Bonchev–Trinajstić information content (AvgIpc) is 1.38. The molecule has 0 N–H and O–H groups in total. The first-order valence-corrected chi connectivity index (χ1v) is 2.84. The molecular weight excluding hydrogens is 167 g/mol. The van der Waals surface area contributed by atoms with Crippen LogP contribution in [0, 0.1) is 0 Å². The molecule has 1 nitrogen and oxygen atoms in total. The third-order valence-electron chi connectivity index (χ3n) is 0.201. The summed E-state index contributed by atoms with van der Waals surface area (Å²) in [7, 11) is 0. The molecule has 0 aliphatic carbocycles. The van der Waals surface area contributed by atoms with Crippen molar-refractivity contribution in [3.63, 3.8) is 0 Å². The monoisotopic (exact) mass is 170 g/mol. The van der Waals surface area contributed by atoms with E-state index < -0.39 is 0 Å². The molecule has 0 saturated heterocycles. The molecule has 0 fully saturated rings. The molecule has 24 valence electrons. The van der Waals surface area contributed by atoms with Crippen LogP contribution in [0.25, 0.3) is 0 Å². The van der Waals surface area contributed by atoms with Crippen LogP contribution in [0.3, 0.4) is 0 Å². The van der Waals surface area contributed by atoms with Crippen molar-refractivity contribution in [1.29, 1.82) is 0 Å². The molecule has 0 aromatic rings. The first-order valence-electron chi connectivity index (χ1n) is 1.19. The molecule has 0 aliphatic heterocycles. The van der Waals surface area contributed by atoms with E-state index in [0.29, 0.717) is 24.4 Å². The topological polar surface area (TPSA) is 17.1 Å². The van der Waals surface area contributed by atoms with Gasteiger partial charge in [-0.2, -0.15) is 0 Å². The minimum atomic E-state index is 0.149. The van der Waals surface area contributed by atoms with E-state index in [9.17, 15) is 4.79 Å². The first kappa shape index (κ1) is 5.28. The van der Waals surface area contributed by atoms with Gasteiger partial charge in [-0.05, 0) is 0 Å². The van der Waals surface area contributed by atoms with Crippen LogP contribution in [0.4, 0.5) is 0 Å². The van der Waals surface area contributed by atoms with E-state index >= 15 is 0 Å². The second kappa shape index (κ2) is 2.51. The van der Waals surface area contributed by atoms with E-state index in [4.69, 9.17) is 0 Å². The Morgan fingerprint density at radius 2 is 2.20 bits per heavy atom. The van der Waals surface area contributed by atoms with Crippen LogP contribution in [-0.4, -0.2) is 27.9 Å². The second-order valence-electron chi connectivity index (χ2n) is 0.606. The van der Waals surface area contributed by atoms with E-state index in [1.807, 2.05) is 0 Å². The van der Waals surface area contributed by atoms with Crippen LogP contribution in [0.5, 0.6) is 0 Å². The Balaban J connectivity index is 3.20. The van der Waals surface area contributed by atoms with Crippen LogP contribution < -0.4 is 0 Å². The van der Waals surface area contributed by atoms with Gasteiger partial charge in [0.15, 0.2) is 0 Å². The number of hydrogen-bond donors (Lipinski definition) is 0. The third kappa shape index (κ3) is 4.28. The Morgan fingerprint density at radius 1 is 2.00 bits per heavy atom. The van der Waals surface area contributed by atoms with Crippen LogP contribution in [-0.2, 0) is 4.79 Å². The van der Waals surface area contributed by atoms with Crippen molar-refractivity contribution >= 4 is 27.9 Å². The van der Waals surface area contributed by atoms with Gasteiger partial charge >= 0.3 is 45.4 Å². The third-order valence-corrected chi connectivity index (χ3v) is 0.874. The zero-order valence-corrected chi connectivity index (χ0v) is 6.07. The van der Waals surface area contributed by atoms with Gasteiger partial charge in [0.1, 0.15) is 0 Å². The van der Waals surface area contributed by atoms with Crippen LogP contribution in [0.2, 0.25) is 0 Å². The van der Waals surface area contributed by atoms with Gasteiger partial charge in [-0.15, -0.1) is 0 Å². The zero-order chi connectivity index (χ0) is 4.28. The van der Waals surface area contributed by atoms with Gasteiger partial charge in [0.05, 0.1) is 0 Å². The molecule has 0 bridgehead atoms. The van der Waals surface area contributed by atoms with Gasteiger partial charge in [-0.1, -0.05) is 0 Å². The Morgan fingerprint density at radius 3 is 2.20 bits per heavy atom. The molecule has 2 heteroatoms. The Hall–Kier alpha value is 0.280. The van der Waals surface area contributed by atoms with Gasteiger partial charge in [-0.25, -0.2) is 0 Å².